The molecule has 2 aromatic rings. The molecular formula is C21H24ClN3O3. The van der Waals surface area contributed by atoms with Gasteiger partial charge in [0.05, 0.1) is 6.54 Å². The Morgan fingerprint density at radius 3 is 2.46 bits per heavy atom. The summed E-state index contributed by atoms with van der Waals surface area (Å²) in [5, 5.41) is 3.36. The molecule has 2 amide bonds. The normalized spacial score (nSPS) is 14.5. The lowest BCUT2D eigenvalue weighted by Gasteiger charge is -2.34. The summed E-state index contributed by atoms with van der Waals surface area (Å²) in [7, 11) is 0. The van der Waals surface area contributed by atoms with E-state index in [-0.39, 0.29) is 25.0 Å². The number of halogens is 1. The van der Waals surface area contributed by atoms with E-state index in [0.29, 0.717) is 18.8 Å². The van der Waals surface area contributed by atoms with Crippen molar-refractivity contribution in [2.75, 3.05) is 39.3 Å². The Kier molecular flexibility index (Phi) is 7.28. The molecule has 1 saturated heterocycles. The lowest BCUT2D eigenvalue weighted by molar-refractivity contribution is -0.134. The van der Waals surface area contributed by atoms with E-state index in [1.165, 1.54) is 0 Å². The number of ether oxygens (including phenoxy) is 1. The van der Waals surface area contributed by atoms with Crippen LogP contribution in [0.2, 0.25) is 5.02 Å². The first kappa shape index (κ1) is 20.2. The molecule has 0 saturated carbocycles. The van der Waals surface area contributed by atoms with E-state index in [2.05, 4.69) is 16.3 Å². The quantitative estimate of drug-likeness (QED) is 0.772. The van der Waals surface area contributed by atoms with Crippen molar-refractivity contribution >= 4 is 23.4 Å². The highest BCUT2D eigenvalue weighted by molar-refractivity contribution is 6.30. The Hall–Kier alpha value is -2.57. The van der Waals surface area contributed by atoms with Crippen LogP contribution in [0.1, 0.15) is 5.56 Å². The van der Waals surface area contributed by atoms with Crippen LogP contribution < -0.4 is 10.1 Å². The second kappa shape index (κ2) is 10.1. The molecule has 3 rings (SSSR count). The molecule has 0 atom stereocenters. The minimum atomic E-state index is -0.309. The zero-order valence-corrected chi connectivity index (χ0v) is 16.4. The molecule has 1 heterocycles. The van der Waals surface area contributed by atoms with Crippen molar-refractivity contribution in [3.05, 3.63) is 65.2 Å². The van der Waals surface area contributed by atoms with Gasteiger partial charge in [-0.3, -0.25) is 14.5 Å². The van der Waals surface area contributed by atoms with Crippen LogP contribution in [-0.2, 0) is 16.1 Å². The predicted molar refractivity (Wildman–Crippen MR) is 108 cm³/mol. The SMILES string of the molecule is O=C(COc1ccccc1)NCC(=O)N1CCN(Cc2cccc(Cl)c2)CC1. The highest BCUT2D eigenvalue weighted by Crippen LogP contribution is 2.14. The van der Waals surface area contributed by atoms with Crippen LogP contribution in [0.25, 0.3) is 0 Å². The molecule has 0 aliphatic carbocycles. The van der Waals surface area contributed by atoms with E-state index in [0.717, 1.165) is 30.2 Å². The molecule has 1 aliphatic heterocycles. The third kappa shape index (κ3) is 6.25. The summed E-state index contributed by atoms with van der Waals surface area (Å²) in [5.74, 6) is 0.243. The molecule has 6 nitrogen and oxygen atoms in total. The third-order valence-electron chi connectivity index (χ3n) is 4.57. The molecule has 0 radical (unpaired) electrons. The molecule has 0 aromatic heterocycles. The van der Waals surface area contributed by atoms with E-state index in [1.54, 1.807) is 17.0 Å². The van der Waals surface area contributed by atoms with Crippen LogP contribution in [-0.4, -0.2) is 60.9 Å². The van der Waals surface area contributed by atoms with Crippen molar-refractivity contribution in [3.8, 4) is 5.75 Å². The monoisotopic (exact) mass is 401 g/mol. The molecule has 0 bridgehead atoms. The maximum Gasteiger partial charge on any atom is 0.258 e. The minimum absolute atomic E-state index is 0.00865. The zero-order chi connectivity index (χ0) is 19.8. The molecule has 2 aromatic carbocycles. The molecular weight excluding hydrogens is 378 g/mol. The van der Waals surface area contributed by atoms with Gasteiger partial charge >= 0.3 is 0 Å². The van der Waals surface area contributed by atoms with Gasteiger partial charge in [-0.25, -0.2) is 0 Å². The summed E-state index contributed by atoms with van der Waals surface area (Å²) in [5.41, 5.74) is 1.16. The Balaban J connectivity index is 1.35. The van der Waals surface area contributed by atoms with Crippen molar-refractivity contribution < 1.29 is 14.3 Å². The van der Waals surface area contributed by atoms with Crippen LogP contribution in [0.3, 0.4) is 0 Å². The number of hydrogen-bond acceptors (Lipinski definition) is 4. The summed E-state index contributed by atoms with van der Waals surface area (Å²) in [4.78, 5) is 28.3. The minimum Gasteiger partial charge on any atom is -0.484 e. The van der Waals surface area contributed by atoms with Gasteiger partial charge in [-0.1, -0.05) is 41.9 Å². The number of nitrogens with one attached hydrogen (secondary N) is 1. The Morgan fingerprint density at radius 1 is 1.00 bits per heavy atom. The van der Waals surface area contributed by atoms with Crippen molar-refractivity contribution in [2.24, 2.45) is 0 Å². The first-order valence-electron chi connectivity index (χ1n) is 9.29. The number of benzene rings is 2. The largest absolute Gasteiger partial charge is 0.484 e. The van der Waals surface area contributed by atoms with Crippen LogP contribution in [0.15, 0.2) is 54.6 Å². The molecule has 1 N–H and O–H groups in total. The molecule has 148 valence electrons. The Bertz CT molecular complexity index is 792. The van der Waals surface area contributed by atoms with Gasteiger partial charge < -0.3 is 15.0 Å². The molecule has 1 aliphatic rings. The van der Waals surface area contributed by atoms with Gasteiger partial charge in [0.25, 0.3) is 5.91 Å². The summed E-state index contributed by atoms with van der Waals surface area (Å²) in [6, 6.07) is 16.9. The van der Waals surface area contributed by atoms with Crippen LogP contribution in [0, 0.1) is 0 Å². The lowest BCUT2D eigenvalue weighted by Crippen LogP contribution is -2.51. The number of piperazine rings is 1. The smallest absolute Gasteiger partial charge is 0.258 e. The van der Waals surface area contributed by atoms with Crippen LogP contribution in [0.5, 0.6) is 5.75 Å². The fraction of sp³-hybridized carbons (Fsp3) is 0.333. The highest BCUT2D eigenvalue weighted by Gasteiger charge is 2.21. The Labute approximate surface area is 170 Å². The number of rotatable bonds is 7. The zero-order valence-electron chi connectivity index (χ0n) is 15.6. The van der Waals surface area contributed by atoms with Gasteiger partial charge in [0.15, 0.2) is 6.61 Å². The molecule has 0 spiro atoms. The maximum absolute atomic E-state index is 12.3. The average molecular weight is 402 g/mol. The van der Waals surface area contributed by atoms with E-state index >= 15 is 0 Å². The van der Waals surface area contributed by atoms with Crippen molar-refractivity contribution in [3.63, 3.8) is 0 Å². The number of carbonyl (C=O) groups is 2. The van der Waals surface area contributed by atoms with Gasteiger partial charge in [0.2, 0.25) is 5.91 Å². The van der Waals surface area contributed by atoms with Gasteiger partial charge in [0.1, 0.15) is 5.75 Å². The van der Waals surface area contributed by atoms with E-state index in [4.69, 9.17) is 16.3 Å². The van der Waals surface area contributed by atoms with Gasteiger partial charge in [-0.15, -0.1) is 0 Å². The molecule has 1 fully saturated rings. The fourth-order valence-corrected chi connectivity index (χ4v) is 3.26. The molecule has 28 heavy (non-hydrogen) atoms. The van der Waals surface area contributed by atoms with Crippen molar-refractivity contribution in [2.45, 2.75) is 6.54 Å². The first-order chi connectivity index (χ1) is 13.6. The van der Waals surface area contributed by atoms with E-state index < -0.39 is 0 Å². The van der Waals surface area contributed by atoms with Gasteiger partial charge in [-0.2, -0.15) is 0 Å². The summed E-state index contributed by atoms with van der Waals surface area (Å²) < 4.78 is 5.37. The predicted octanol–water partition coefficient (Wildman–Crippen LogP) is 2.18. The maximum atomic E-state index is 12.3. The number of para-hydroxylation sites is 1. The second-order valence-corrected chi connectivity index (χ2v) is 7.10. The van der Waals surface area contributed by atoms with Gasteiger partial charge in [0, 0.05) is 37.7 Å². The van der Waals surface area contributed by atoms with Crippen LogP contribution in [0.4, 0.5) is 0 Å². The lowest BCUT2D eigenvalue weighted by atomic mass is 10.2. The number of amides is 2. The Morgan fingerprint density at radius 2 is 1.75 bits per heavy atom. The summed E-state index contributed by atoms with van der Waals surface area (Å²) in [6.07, 6.45) is 0. The topological polar surface area (TPSA) is 61.9 Å². The van der Waals surface area contributed by atoms with Crippen LogP contribution >= 0.6 is 11.6 Å². The average Bonchev–Trinajstić information content (AvgIpc) is 2.72. The van der Waals surface area contributed by atoms with E-state index in [1.807, 2.05) is 36.4 Å². The third-order valence-corrected chi connectivity index (χ3v) is 4.81. The molecule has 0 unspecified atom stereocenters. The van der Waals surface area contributed by atoms with E-state index in [9.17, 15) is 9.59 Å². The highest BCUT2D eigenvalue weighted by atomic mass is 35.5. The summed E-state index contributed by atoms with van der Waals surface area (Å²) in [6.45, 7) is 3.59. The number of nitrogens with zero attached hydrogens (tertiary/aromatic N) is 2. The fourth-order valence-electron chi connectivity index (χ4n) is 3.05. The number of carbonyl (C=O) groups excluding carboxylic acids is 2. The molecule has 7 heteroatoms. The summed E-state index contributed by atoms with van der Waals surface area (Å²) >= 11 is 6.03. The van der Waals surface area contributed by atoms with Crippen molar-refractivity contribution in [1.82, 2.24) is 15.1 Å². The number of hydrogen-bond donors (Lipinski definition) is 1. The van der Waals surface area contributed by atoms with Crippen molar-refractivity contribution in [1.29, 1.82) is 0 Å². The second-order valence-electron chi connectivity index (χ2n) is 6.67. The van der Waals surface area contributed by atoms with Gasteiger partial charge in [-0.05, 0) is 29.8 Å². The first-order valence-corrected chi connectivity index (χ1v) is 9.67. The standard InChI is InChI=1S/C21H24ClN3O3/c22-18-6-4-5-17(13-18)15-24-9-11-25(12-10-24)21(27)14-23-20(26)16-28-19-7-2-1-3-8-19/h1-8,13H,9-12,14-16H2,(H,23,26).